The van der Waals surface area contributed by atoms with E-state index in [-0.39, 0.29) is 35.5 Å². The number of phenols is 4. The van der Waals surface area contributed by atoms with Crippen LogP contribution in [-0.2, 0) is 11.2 Å². The van der Waals surface area contributed by atoms with Crippen LogP contribution in [0, 0.1) is 0 Å². The van der Waals surface area contributed by atoms with Crippen LogP contribution in [0.5, 0.6) is 23.0 Å². The van der Waals surface area contributed by atoms with Gasteiger partial charge in [-0.3, -0.25) is 4.79 Å². The fraction of sp³-hybridized carbons (Fsp3) is 0.381. The Kier molecular flexibility index (Phi) is 6.68. The third-order valence-corrected chi connectivity index (χ3v) is 5.35. The van der Waals surface area contributed by atoms with E-state index in [1.807, 2.05) is 0 Å². The minimum atomic E-state index is -1.75. The number of rotatable bonds is 6. The Labute approximate surface area is 176 Å². The zero-order chi connectivity index (χ0) is 22.9. The quantitative estimate of drug-likeness (QED) is 0.223. The minimum Gasteiger partial charge on any atom is -0.507 e. The number of carbonyl (C=O) groups is 1. The highest BCUT2D eigenvalue weighted by Gasteiger charge is 2.46. The van der Waals surface area contributed by atoms with Crippen LogP contribution < -0.4 is 0 Å². The van der Waals surface area contributed by atoms with Gasteiger partial charge in [0.15, 0.2) is 17.3 Å². The molecule has 1 saturated heterocycles. The van der Waals surface area contributed by atoms with Gasteiger partial charge in [0.2, 0.25) is 0 Å². The van der Waals surface area contributed by atoms with Gasteiger partial charge in [-0.05, 0) is 36.2 Å². The van der Waals surface area contributed by atoms with Crippen molar-refractivity contribution in [3.63, 3.8) is 0 Å². The van der Waals surface area contributed by atoms with E-state index in [2.05, 4.69) is 0 Å². The number of aromatic hydroxyl groups is 4. The van der Waals surface area contributed by atoms with Crippen LogP contribution in [0.1, 0.15) is 34.0 Å². The van der Waals surface area contributed by atoms with Crippen LogP contribution in [0.25, 0.3) is 0 Å². The van der Waals surface area contributed by atoms with E-state index in [1.54, 1.807) is 0 Å². The molecule has 31 heavy (non-hydrogen) atoms. The van der Waals surface area contributed by atoms with Crippen molar-refractivity contribution in [3.8, 4) is 23.0 Å². The molecule has 1 heterocycles. The van der Waals surface area contributed by atoms with Gasteiger partial charge >= 0.3 is 0 Å². The molecule has 3 rings (SSSR count). The maximum Gasteiger partial charge on any atom is 0.166 e. The molecule has 168 valence electrons. The highest BCUT2D eigenvalue weighted by molar-refractivity contribution is 5.99. The topological polar surface area (TPSA) is 188 Å². The second-order valence-corrected chi connectivity index (χ2v) is 7.39. The molecule has 2 aromatic carbocycles. The molecule has 0 amide bonds. The molecular weight excluding hydrogens is 412 g/mol. The van der Waals surface area contributed by atoms with Crippen LogP contribution in [0.3, 0.4) is 0 Å². The number of Topliss-reactive ketones (excluding diaryl/α,β-unsaturated/α-hetero) is 1. The van der Waals surface area contributed by atoms with E-state index in [0.29, 0.717) is 5.56 Å². The first-order valence-electron chi connectivity index (χ1n) is 9.55. The Morgan fingerprint density at radius 1 is 0.871 bits per heavy atom. The van der Waals surface area contributed by atoms with Crippen molar-refractivity contribution in [3.05, 3.63) is 47.0 Å². The van der Waals surface area contributed by atoms with Crippen LogP contribution in [-0.4, -0.2) is 77.7 Å². The summed E-state index contributed by atoms with van der Waals surface area (Å²) in [7, 11) is 0. The average Bonchev–Trinajstić information content (AvgIpc) is 2.74. The first-order valence-corrected chi connectivity index (χ1v) is 9.55. The van der Waals surface area contributed by atoms with E-state index in [0.717, 1.165) is 6.07 Å². The number of aryl methyl sites for hydroxylation is 1. The lowest BCUT2D eigenvalue weighted by molar-refractivity contribution is -0.232. The Balaban J connectivity index is 1.86. The van der Waals surface area contributed by atoms with E-state index in [9.17, 15) is 45.6 Å². The van der Waals surface area contributed by atoms with Gasteiger partial charge in [0.1, 0.15) is 42.0 Å². The molecule has 0 aliphatic carbocycles. The summed E-state index contributed by atoms with van der Waals surface area (Å²) in [6.07, 6.45) is -7.77. The number of ketones is 1. The number of aliphatic hydroxyl groups is 4. The molecule has 10 nitrogen and oxygen atoms in total. The van der Waals surface area contributed by atoms with Gasteiger partial charge in [0.25, 0.3) is 0 Å². The zero-order valence-corrected chi connectivity index (χ0v) is 16.3. The summed E-state index contributed by atoms with van der Waals surface area (Å²) >= 11 is 0. The van der Waals surface area contributed by atoms with Crippen molar-refractivity contribution in [1.82, 2.24) is 0 Å². The molecular formula is C21H24O10. The molecule has 5 atom stereocenters. The monoisotopic (exact) mass is 436 g/mol. The normalized spacial score (nSPS) is 26.0. The van der Waals surface area contributed by atoms with Gasteiger partial charge in [-0.1, -0.05) is 6.07 Å². The van der Waals surface area contributed by atoms with Crippen molar-refractivity contribution in [2.75, 3.05) is 6.61 Å². The summed E-state index contributed by atoms with van der Waals surface area (Å²) in [6.45, 7) is -0.693. The van der Waals surface area contributed by atoms with Crippen molar-refractivity contribution >= 4 is 5.78 Å². The lowest BCUT2D eigenvalue weighted by atomic mass is 9.88. The van der Waals surface area contributed by atoms with Crippen molar-refractivity contribution in [2.45, 2.75) is 43.4 Å². The minimum absolute atomic E-state index is 0.0866. The number of ether oxygens (including phenoxy) is 1. The van der Waals surface area contributed by atoms with Gasteiger partial charge < -0.3 is 45.6 Å². The lowest BCUT2D eigenvalue weighted by Crippen LogP contribution is -2.55. The molecule has 1 aliphatic heterocycles. The summed E-state index contributed by atoms with van der Waals surface area (Å²) < 4.78 is 5.37. The van der Waals surface area contributed by atoms with Gasteiger partial charge in [0.05, 0.1) is 17.7 Å². The maximum atomic E-state index is 12.7. The first-order chi connectivity index (χ1) is 14.6. The Hall–Kier alpha value is -2.89. The SMILES string of the molecule is O=C(CCc1ccc(O)c(O)c1)c1ccc(O)c(C2OC(CO)C(O)C(O)C2O)c1O. The highest BCUT2D eigenvalue weighted by Crippen LogP contribution is 2.43. The fourth-order valence-electron chi connectivity index (χ4n) is 3.56. The standard InChI is InChI=1S/C21H24O10/c22-8-15-18(28)19(29)20(30)21(31-15)16-13(25)6-3-10(17(16)27)11(23)4-1-9-2-5-12(24)14(26)7-9/h2-3,5-7,15,18-22,24-30H,1,4,8H2. The van der Waals surface area contributed by atoms with Crippen LogP contribution >= 0.6 is 0 Å². The molecule has 1 fully saturated rings. The number of benzene rings is 2. The Bertz CT molecular complexity index is 957. The number of phenolic OH excluding ortho intramolecular Hbond substituents is 4. The summed E-state index contributed by atoms with van der Waals surface area (Å²) in [6, 6.07) is 6.42. The van der Waals surface area contributed by atoms with Gasteiger partial charge in [0, 0.05) is 6.42 Å². The van der Waals surface area contributed by atoms with Crippen LogP contribution in [0.15, 0.2) is 30.3 Å². The van der Waals surface area contributed by atoms with Crippen molar-refractivity contribution in [2.24, 2.45) is 0 Å². The van der Waals surface area contributed by atoms with E-state index in [1.165, 1.54) is 24.3 Å². The van der Waals surface area contributed by atoms with Crippen LogP contribution in [0.4, 0.5) is 0 Å². The Morgan fingerprint density at radius 3 is 2.19 bits per heavy atom. The average molecular weight is 436 g/mol. The van der Waals surface area contributed by atoms with Gasteiger partial charge in [-0.15, -0.1) is 0 Å². The zero-order valence-electron chi connectivity index (χ0n) is 16.3. The van der Waals surface area contributed by atoms with Gasteiger partial charge in [-0.25, -0.2) is 0 Å². The Morgan fingerprint density at radius 2 is 1.55 bits per heavy atom. The molecule has 0 spiro atoms. The maximum absolute atomic E-state index is 12.7. The van der Waals surface area contributed by atoms with E-state index >= 15 is 0 Å². The number of hydrogen-bond acceptors (Lipinski definition) is 10. The number of carbonyl (C=O) groups excluding carboxylic acids is 1. The molecule has 10 heteroatoms. The van der Waals surface area contributed by atoms with E-state index in [4.69, 9.17) is 4.74 Å². The largest absolute Gasteiger partial charge is 0.507 e. The summed E-state index contributed by atoms with van der Waals surface area (Å²) in [4.78, 5) is 12.7. The van der Waals surface area contributed by atoms with Crippen LogP contribution in [0.2, 0.25) is 0 Å². The molecule has 0 radical (unpaired) electrons. The molecule has 1 aliphatic rings. The van der Waals surface area contributed by atoms with E-state index < -0.39 is 54.4 Å². The lowest BCUT2D eigenvalue weighted by Gasteiger charge is -2.40. The molecule has 0 bridgehead atoms. The second-order valence-electron chi connectivity index (χ2n) is 7.39. The van der Waals surface area contributed by atoms with Crippen molar-refractivity contribution < 1.29 is 50.4 Å². The molecule has 2 aromatic rings. The third-order valence-electron chi connectivity index (χ3n) is 5.35. The van der Waals surface area contributed by atoms with Crippen molar-refractivity contribution in [1.29, 1.82) is 0 Å². The smallest absolute Gasteiger partial charge is 0.166 e. The van der Waals surface area contributed by atoms with Gasteiger partial charge in [-0.2, -0.15) is 0 Å². The highest BCUT2D eigenvalue weighted by atomic mass is 16.5. The molecule has 0 saturated carbocycles. The summed E-state index contributed by atoms with van der Waals surface area (Å²) in [5.41, 5.74) is 0.0360. The predicted octanol–water partition coefficient (Wildman–Crippen LogP) is -0.161. The third kappa shape index (κ3) is 4.43. The molecule has 0 aromatic heterocycles. The predicted molar refractivity (Wildman–Crippen MR) is 105 cm³/mol. The molecule has 5 unspecified atom stereocenters. The summed E-state index contributed by atoms with van der Waals surface area (Å²) in [5, 5.41) is 79.3. The molecule has 8 N–H and O–H groups in total. The summed E-state index contributed by atoms with van der Waals surface area (Å²) in [5.74, 6) is -2.32. The second kappa shape index (κ2) is 9.08. The fourth-order valence-corrected chi connectivity index (χ4v) is 3.56. The number of aliphatic hydroxyl groups excluding tert-OH is 4. The first kappa shape index (κ1) is 22.8. The number of hydrogen-bond donors (Lipinski definition) is 8.